The van der Waals surface area contributed by atoms with Crippen molar-refractivity contribution in [3.63, 3.8) is 0 Å². The number of hydrogen-bond acceptors (Lipinski definition) is 3. The summed E-state index contributed by atoms with van der Waals surface area (Å²) in [6.07, 6.45) is 0. The summed E-state index contributed by atoms with van der Waals surface area (Å²) in [7, 11) is 1.71. The SMILES string of the molecule is COCC[NH2+]CCOCCOc1cc(C)ccc1Cl. The Balaban J connectivity index is 2.03. The van der Waals surface area contributed by atoms with E-state index in [2.05, 4.69) is 5.32 Å². The normalized spacial score (nSPS) is 10.7. The van der Waals surface area contributed by atoms with E-state index in [-0.39, 0.29) is 0 Å². The van der Waals surface area contributed by atoms with Crippen LogP contribution in [0.1, 0.15) is 5.56 Å². The van der Waals surface area contributed by atoms with Gasteiger partial charge in [-0.3, -0.25) is 0 Å². The Bertz CT molecular complexity index is 361. The van der Waals surface area contributed by atoms with Crippen LogP contribution in [0.25, 0.3) is 0 Å². The molecule has 2 N–H and O–H groups in total. The fourth-order valence-corrected chi connectivity index (χ4v) is 1.72. The van der Waals surface area contributed by atoms with Gasteiger partial charge in [0.2, 0.25) is 0 Å². The van der Waals surface area contributed by atoms with Crippen LogP contribution in [0.5, 0.6) is 5.75 Å². The van der Waals surface area contributed by atoms with Gasteiger partial charge in [0, 0.05) is 7.11 Å². The van der Waals surface area contributed by atoms with Gasteiger partial charge in [-0.1, -0.05) is 17.7 Å². The third-order valence-electron chi connectivity index (χ3n) is 2.56. The lowest BCUT2D eigenvalue weighted by Crippen LogP contribution is -2.86. The van der Waals surface area contributed by atoms with Crippen LogP contribution < -0.4 is 10.1 Å². The Hall–Kier alpha value is -0.810. The number of hydrogen-bond donors (Lipinski definition) is 1. The first-order valence-electron chi connectivity index (χ1n) is 6.51. The molecule has 1 aromatic carbocycles. The van der Waals surface area contributed by atoms with Gasteiger partial charge in [0.15, 0.2) is 0 Å². The van der Waals surface area contributed by atoms with Crippen molar-refractivity contribution in [1.82, 2.24) is 0 Å². The summed E-state index contributed by atoms with van der Waals surface area (Å²) in [4.78, 5) is 0. The topological polar surface area (TPSA) is 44.3 Å². The zero-order chi connectivity index (χ0) is 13.9. The highest BCUT2D eigenvalue weighted by atomic mass is 35.5. The van der Waals surface area contributed by atoms with Crippen LogP contribution >= 0.6 is 11.6 Å². The van der Waals surface area contributed by atoms with Crippen LogP contribution in [0.15, 0.2) is 18.2 Å². The van der Waals surface area contributed by atoms with Crippen molar-refractivity contribution in [3.8, 4) is 5.75 Å². The van der Waals surface area contributed by atoms with Gasteiger partial charge in [-0.2, -0.15) is 0 Å². The van der Waals surface area contributed by atoms with Gasteiger partial charge in [-0.25, -0.2) is 0 Å². The Labute approximate surface area is 120 Å². The lowest BCUT2D eigenvalue weighted by molar-refractivity contribution is -0.657. The quantitative estimate of drug-likeness (QED) is 0.659. The molecular formula is C14H23ClNO3+. The minimum atomic E-state index is 0.515. The van der Waals surface area contributed by atoms with Gasteiger partial charge in [0.25, 0.3) is 0 Å². The molecule has 0 heterocycles. The molecule has 0 unspecified atom stereocenters. The Kier molecular flexibility index (Phi) is 8.58. The molecule has 0 amide bonds. The number of rotatable bonds is 10. The third kappa shape index (κ3) is 7.38. The van der Waals surface area contributed by atoms with Crippen molar-refractivity contribution in [2.24, 2.45) is 0 Å². The van der Waals surface area contributed by atoms with Gasteiger partial charge in [0.05, 0.1) is 37.9 Å². The first-order valence-corrected chi connectivity index (χ1v) is 6.89. The molecule has 0 aromatic heterocycles. The van der Waals surface area contributed by atoms with E-state index in [1.54, 1.807) is 7.11 Å². The highest BCUT2D eigenvalue weighted by molar-refractivity contribution is 6.32. The predicted molar refractivity (Wildman–Crippen MR) is 76.0 cm³/mol. The summed E-state index contributed by atoms with van der Waals surface area (Å²) in [6, 6.07) is 5.74. The summed E-state index contributed by atoms with van der Waals surface area (Å²) >= 11 is 6.02. The minimum Gasteiger partial charge on any atom is -0.490 e. The molecule has 0 aliphatic rings. The van der Waals surface area contributed by atoms with Gasteiger partial charge >= 0.3 is 0 Å². The zero-order valence-electron chi connectivity index (χ0n) is 11.7. The second-order valence-electron chi connectivity index (χ2n) is 4.25. The Morgan fingerprint density at radius 2 is 1.89 bits per heavy atom. The number of ether oxygens (including phenoxy) is 3. The molecule has 0 aliphatic carbocycles. The van der Waals surface area contributed by atoms with E-state index in [0.29, 0.717) is 24.8 Å². The van der Waals surface area contributed by atoms with E-state index in [4.69, 9.17) is 25.8 Å². The Morgan fingerprint density at radius 3 is 2.68 bits per heavy atom. The monoisotopic (exact) mass is 288 g/mol. The van der Waals surface area contributed by atoms with E-state index in [0.717, 1.165) is 31.0 Å². The minimum absolute atomic E-state index is 0.515. The van der Waals surface area contributed by atoms with Crippen LogP contribution in [-0.2, 0) is 9.47 Å². The smallest absolute Gasteiger partial charge is 0.138 e. The van der Waals surface area contributed by atoms with Crippen molar-refractivity contribution < 1.29 is 19.5 Å². The molecule has 0 radical (unpaired) electrons. The largest absolute Gasteiger partial charge is 0.490 e. The van der Waals surface area contributed by atoms with Gasteiger partial charge < -0.3 is 19.5 Å². The van der Waals surface area contributed by atoms with Gasteiger partial charge in [-0.05, 0) is 24.6 Å². The second-order valence-corrected chi connectivity index (χ2v) is 4.66. The van der Waals surface area contributed by atoms with E-state index in [9.17, 15) is 0 Å². The molecule has 0 aliphatic heterocycles. The molecule has 4 nitrogen and oxygen atoms in total. The van der Waals surface area contributed by atoms with Crippen molar-refractivity contribution in [2.45, 2.75) is 6.92 Å². The van der Waals surface area contributed by atoms with Crippen LogP contribution in [0.3, 0.4) is 0 Å². The van der Waals surface area contributed by atoms with E-state index in [1.807, 2.05) is 25.1 Å². The molecule has 1 aromatic rings. The molecule has 0 fully saturated rings. The van der Waals surface area contributed by atoms with Crippen LogP contribution in [0.2, 0.25) is 5.02 Å². The first-order chi connectivity index (χ1) is 9.24. The van der Waals surface area contributed by atoms with Gasteiger partial charge in [-0.15, -0.1) is 0 Å². The standard InChI is InChI=1S/C14H22ClNO3/c1-12-3-4-13(15)14(11-12)19-10-9-18-8-6-16-5-7-17-2/h3-4,11,16H,5-10H2,1-2H3/p+1. The highest BCUT2D eigenvalue weighted by Crippen LogP contribution is 2.24. The lowest BCUT2D eigenvalue weighted by Gasteiger charge is -2.09. The summed E-state index contributed by atoms with van der Waals surface area (Å²) in [5.74, 6) is 0.719. The van der Waals surface area contributed by atoms with Crippen LogP contribution in [-0.4, -0.2) is 46.6 Å². The number of nitrogens with two attached hydrogens (primary N) is 1. The highest BCUT2D eigenvalue weighted by Gasteiger charge is 2.01. The zero-order valence-corrected chi connectivity index (χ0v) is 12.4. The number of benzene rings is 1. The molecule has 0 atom stereocenters. The summed E-state index contributed by atoms with van der Waals surface area (Å²) < 4.78 is 16.0. The number of quaternary nitrogens is 1. The maximum absolute atomic E-state index is 6.02. The molecule has 0 saturated carbocycles. The fraction of sp³-hybridized carbons (Fsp3) is 0.571. The molecule has 5 heteroatoms. The maximum atomic E-state index is 6.02. The maximum Gasteiger partial charge on any atom is 0.138 e. The molecule has 108 valence electrons. The summed E-state index contributed by atoms with van der Waals surface area (Å²) in [5.41, 5.74) is 1.13. The van der Waals surface area contributed by atoms with Crippen molar-refractivity contribution >= 4 is 11.6 Å². The number of halogens is 1. The molecule has 1 rings (SSSR count). The molecule has 0 saturated heterocycles. The predicted octanol–water partition coefficient (Wildman–Crippen LogP) is 1.25. The van der Waals surface area contributed by atoms with Crippen molar-refractivity contribution in [2.75, 3.05) is 46.6 Å². The van der Waals surface area contributed by atoms with E-state index < -0.39 is 0 Å². The first kappa shape index (κ1) is 16.2. The molecule has 0 bridgehead atoms. The fourth-order valence-electron chi connectivity index (χ4n) is 1.55. The van der Waals surface area contributed by atoms with Crippen LogP contribution in [0, 0.1) is 6.92 Å². The lowest BCUT2D eigenvalue weighted by atomic mass is 10.2. The molecule has 19 heavy (non-hydrogen) atoms. The third-order valence-corrected chi connectivity index (χ3v) is 2.88. The van der Waals surface area contributed by atoms with Crippen LogP contribution in [0.4, 0.5) is 0 Å². The molecular weight excluding hydrogens is 266 g/mol. The van der Waals surface area contributed by atoms with E-state index >= 15 is 0 Å². The van der Waals surface area contributed by atoms with Gasteiger partial charge in [0.1, 0.15) is 12.4 Å². The Morgan fingerprint density at radius 1 is 1.11 bits per heavy atom. The number of aryl methyl sites for hydroxylation is 1. The average molecular weight is 289 g/mol. The van der Waals surface area contributed by atoms with E-state index in [1.165, 1.54) is 0 Å². The van der Waals surface area contributed by atoms with Crippen molar-refractivity contribution in [1.29, 1.82) is 0 Å². The average Bonchev–Trinajstić information content (AvgIpc) is 2.40. The van der Waals surface area contributed by atoms with Crippen molar-refractivity contribution in [3.05, 3.63) is 28.8 Å². The summed E-state index contributed by atoms with van der Waals surface area (Å²) in [5, 5.41) is 2.81. The second kappa shape index (κ2) is 10.0. The summed E-state index contributed by atoms with van der Waals surface area (Å²) in [6.45, 7) is 6.49. The molecule has 0 spiro atoms. The number of methoxy groups -OCH3 is 1.